The first-order valence-corrected chi connectivity index (χ1v) is 18.8. The summed E-state index contributed by atoms with van der Waals surface area (Å²) in [4.78, 5) is 20.0. The molecular weight excluding hydrogens is 685 g/mol. The molecule has 0 bridgehead atoms. The van der Waals surface area contributed by atoms with Crippen molar-refractivity contribution in [3.05, 3.63) is 217 Å². The molecule has 3 heterocycles. The Morgan fingerprint density at radius 1 is 0.339 bits per heavy atom. The molecule has 5 nitrogen and oxygen atoms in total. The molecule has 0 fully saturated rings. The van der Waals surface area contributed by atoms with E-state index in [0.717, 1.165) is 72.8 Å². The number of ether oxygens (including phenoxy) is 1. The highest BCUT2D eigenvalue weighted by atomic mass is 16.5. The number of hydrogen-bond donors (Lipinski definition) is 0. The third-order valence-electron chi connectivity index (χ3n) is 11.0. The second kappa shape index (κ2) is 12.8. The molecule has 56 heavy (non-hydrogen) atoms. The van der Waals surface area contributed by atoms with Crippen molar-refractivity contribution >= 4 is 0 Å². The van der Waals surface area contributed by atoms with Gasteiger partial charge in [-0.1, -0.05) is 152 Å². The lowest BCUT2D eigenvalue weighted by molar-refractivity contribution is 0.434. The third-order valence-corrected chi connectivity index (χ3v) is 11.0. The van der Waals surface area contributed by atoms with Crippen molar-refractivity contribution in [2.24, 2.45) is 0 Å². The first-order chi connectivity index (χ1) is 27.7. The number of nitrogens with zero attached hydrogens (tertiary/aromatic N) is 4. The summed E-state index contributed by atoms with van der Waals surface area (Å²) in [7, 11) is 0. The Labute approximate surface area is 324 Å². The first kappa shape index (κ1) is 32.0. The van der Waals surface area contributed by atoms with E-state index in [1.807, 2.05) is 85.1 Å². The largest absolute Gasteiger partial charge is 0.457 e. The molecule has 7 aromatic carbocycles. The fourth-order valence-corrected chi connectivity index (χ4v) is 8.51. The highest BCUT2D eigenvalue weighted by Gasteiger charge is 2.52. The van der Waals surface area contributed by atoms with E-state index in [-0.39, 0.29) is 0 Å². The average Bonchev–Trinajstić information content (AvgIpc) is 3.57. The minimum atomic E-state index is -0.624. The van der Waals surface area contributed by atoms with Gasteiger partial charge in [0.2, 0.25) is 0 Å². The summed E-state index contributed by atoms with van der Waals surface area (Å²) < 4.78 is 6.53. The van der Waals surface area contributed by atoms with E-state index in [2.05, 4.69) is 109 Å². The summed E-state index contributed by atoms with van der Waals surface area (Å²) in [6.07, 6.45) is 1.91. The Hall–Kier alpha value is -7.50. The molecule has 1 spiro atoms. The fourth-order valence-electron chi connectivity index (χ4n) is 8.51. The highest BCUT2D eigenvalue weighted by Crippen LogP contribution is 2.61. The van der Waals surface area contributed by atoms with Crippen LogP contribution in [0.2, 0.25) is 0 Å². The normalized spacial score (nSPS) is 12.9. The Morgan fingerprint density at radius 3 is 1.43 bits per heavy atom. The van der Waals surface area contributed by atoms with Gasteiger partial charge in [0.25, 0.3) is 0 Å². The van der Waals surface area contributed by atoms with Crippen LogP contribution in [-0.4, -0.2) is 19.9 Å². The van der Waals surface area contributed by atoms with Crippen LogP contribution >= 0.6 is 0 Å². The van der Waals surface area contributed by atoms with Gasteiger partial charge < -0.3 is 4.74 Å². The van der Waals surface area contributed by atoms with Gasteiger partial charge in [-0.05, 0) is 69.8 Å². The summed E-state index contributed by atoms with van der Waals surface area (Å²) in [5.74, 6) is 3.62. The molecule has 11 rings (SSSR count). The molecule has 0 radical (unpaired) electrons. The van der Waals surface area contributed by atoms with Crippen molar-refractivity contribution in [1.29, 1.82) is 0 Å². The summed E-state index contributed by atoms with van der Waals surface area (Å²) in [6.45, 7) is 0. The SMILES string of the molecule is c1ccc(-c2nc(-c3ccccc3)nc(-c3cccc(-c4cccc(-c5ccc6c(c5)C5(c7ccccc7Oc7ccccc75)c5ncccc5-6)c4)c3)n2)cc1. The Morgan fingerprint density at radius 2 is 0.821 bits per heavy atom. The lowest BCUT2D eigenvalue weighted by Gasteiger charge is -2.38. The number of pyridine rings is 1. The molecule has 0 amide bonds. The fraction of sp³-hybridized carbons (Fsp3) is 0.0196. The molecule has 2 aliphatic rings. The van der Waals surface area contributed by atoms with Crippen LogP contribution in [-0.2, 0) is 5.41 Å². The van der Waals surface area contributed by atoms with E-state index in [0.29, 0.717) is 17.5 Å². The van der Waals surface area contributed by atoms with Crippen LogP contribution in [0.15, 0.2) is 194 Å². The number of rotatable bonds is 5. The standard InChI is InChI=1S/C51H32N4O/c1-3-14-33(15-4-1)48-53-49(34-16-5-2-6-17-34)55-50(54-48)39-21-12-20-37(31-39)35-18-11-19-36(30-35)38-27-28-40-41-22-13-29-52-47(41)51(44(40)32-38)42-23-7-9-25-45(42)56-46-26-10-8-24-43(46)51/h1-32H. The van der Waals surface area contributed by atoms with Gasteiger partial charge in [0.15, 0.2) is 17.5 Å². The predicted molar refractivity (Wildman–Crippen MR) is 222 cm³/mol. The van der Waals surface area contributed by atoms with Crippen molar-refractivity contribution in [3.8, 4) is 79.0 Å². The maximum absolute atomic E-state index is 6.53. The van der Waals surface area contributed by atoms with Crippen LogP contribution in [0.25, 0.3) is 67.5 Å². The lowest BCUT2D eigenvalue weighted by atomic mass is 9.67. The van der Waals surface area contributed by atoms with Crippen LogP contribution in [0.3, 0.4) is 0 Å². The summed E-state index contributed by atoms with van der Waals surface area (Å²) in [5, 5.41) is 0. The van der Waals surface area contributed by atoms with Crippen molar-refractivity contribution in [3.63, 3.8) is 0 Å². The van der Waals surface area contributed by atoms with E-state index in [4.69, 9.17) is 24.7 Å². The first-order valence-electron chi connectivity index (χ1n) is 18.8. The van der Waals surface area contributed by atoms with Gasteiger partial charge in [0.1, 0.15) is 11.5 Å². The molecule has 0 unspecified atom stereocenters. The number of aromatic nitrogens is 4. The van der Waals surface area contributed by atoms with Gasteiger partial charge in [-0.2, -0.15) is 0 Å². The van der Waals surface area contributed by atoms with E-state index >= 15 is 0 Å². The maximum Gasteiger partial charge on any atom is 0.164 e. The van der Waals surface area contributed by atoms with E-state index in [1.54, 1.807) is 0 Å². The van der Waals surface area contributed by atoms with E-state index in [1.165, 1.54) is 11.1 Å². The molecule has 0 N–H and O–H groups in total. The second-order valence-corrected chi connectivity index (χ2v) is 14.2. The smallest absolute Gasteiger partial charge is 0.164 e. The Kier molecular flexibility index (Phi) is 7.32. The molecule has 9 aromatic rings. The summed E-state index contributed by atoms with van der Waals surface area (Å²) in [6, 6.07) is 65.3. The lowest BCUT2D eigenvalue weighted by Crippen LogP contribution is -2.33. The van der Waals surface area contributed by atoms with Crippen LogP contribution in [0.4, 0.5) is 0 Å². The minimum absolute atomic E-state index is 0.624. The molecule has 0 saturated carbocycles. The molecule has 0 atom stereocenters. The monoisotopic (exact) mass is 716 g/mol. The molecule has 262 valence electrons. The molecule has 5 heteroatoms. The number of para-hydroxylation sites is 2. The molecule has 0 saturated heterocycles. The average molecular weight is 717 g/mol. The number of hydrogen-bond acceptors (Lipinski definition) is 5. The zero-order valence-electron chi connectivity index (χ0n) is 30.2. The van der Waals surface area contributed by atoms with E-state index < -0.39 is 5.41 Å². The van der Waals surface area contributed by atoms with Crippen LogP contribution in [0, 0.1) is 0 Å². The van der Waals surface area contributed by atoms with E-state index in [9.17, 15) is 0 Å². The molecule has 1 aliphatic carbocycles. The quantitative estimate of drug-likeness (QED) is 0.177. The zero-order valence-corrected chi connectivity index (χ0v) is 30.2. The molecule has 1 aliphatic heterocycles. The highest BCUT2D eigenvalue weighted by molar-refractivity contribution is 5.89. The molecular formula is C51H32N4O. The maximum atomic E-state index is 6.53. The molecule has 2 aromatic heterocycles. The Bertz CT molecular complexity index is 2860. The predicted octanol–water partition coefficient (Wildman–Crippen LogP) is 12.1. The van der Waals surface area contributed by atoms with Gasteiger partial charge in [-0.25, -0.2) is 15.0 Å². The van der Waals surface area contributed by atoms with Crippen molar-refractivity contribution < 1.29 is 4.74 Å². The van der Waals surface area contributed by atoms with Crippen LogP contribution in [0.5, 0.6) is 11.5 Å². The van der Waals surface area contributed by atoms with Gasteiger partial charge in [0.05, 0.1) is 11.1 Å². The minimum Gasteiger partial charge on any atom is -0.457 e. The number of benzene rings is 7. The van der Waals surface area contributed by atoms with Gasteiger partial charge in [0, 0.05) is 39.6 Å². The van der Waals surface area contributed by atoms with Gasteiger partial charge in [-0.15, -0.1) is 0 Å². The van der Waals surface area contributed by atoms with Crippen LogP contribution < -0.4 is 4.74 Å². The van der Waals surface area contributed by atoms with Crippen molar-refractivity contribution in [2.45, 2.75) is 5.41 Å². The third kappa shape index (κ3) is 5.02. The topological polar surface area (TPSA) is 60.8 Å². The number of fused-ring (bicyclic) bond motifs is 9. The van der Waals surface area contributed by atoms with Gasteiger partial charge in [-0.3, -0.25) is 4.98 Å². The summed E-state index contributed by atoms with van der Waals surface area (Å²) >= 11 is 0. The summed E-state index contributed by atoms with van der Waals surface area (Å²) in [5.41, 5.74) is 13.4. The van der Waals surface area contributed by atoms with Crippen LogP contribution in [0.1, 0.15) is 22.4 Å². The zero-order chi connectivity index (χ0) is 37.1. The van der Waals surface area contributed by atoms with Gasteiger partial charge >= 0.3 is 0 Å². The van der Waals surface area contributed by atoms with Crippen molar-refractivity contribution in [2.75, 3.05) is 0 Å². The van der Waals surface area contributed by atoms with Crippen molar-refractivity contribution in [1.82, 2.24) is 19.9 Å². The Balaban J connectivity index is 1.03. The second-order valence-electron chi connectivity index (χ2n) is 14.2.